The number of hydrogen-bond acceptors (Lipinski definition) is 3. The van der Waals surface area contributed by atoms with Crippen LogP contribution in [-0.4, -0.2) is 52.9 Å². The Morgan fingerprint density at radius 3 is 2.67 bits per heavy atom. The van der Waals surface area contributed by atoms with E-state index in [0.717, 1.165) is 29.7 Å². The molecule has 1 aliphatic heterocycles. The second kappa shape index (κ2) is 6.16. The van der Waals surface area contributed by atoms with Gasteiger partial charge in [0.2, 0.25) is 0 Å². The second-order valence-electron chi connectivity index (χ2n) is 5.47. The van der Waals surface area contributed by atoms with Gasteiger partial charge in [0.25, 0.3) is 0 Å². The first-order valence-electron chi connectivity index (χ1n) is 6.96. The van der Waals surface area contributed by atoms with Crippen molar-refractivity contribution in [2.75, 3.05) is 25.0 Å². The third-order valence-electron chi connectivity index (χ3n) is 3.93. The van der Waals surface area contributed by atoms with Crippen molar-refractivity contribution in [2.24, 2.45) is 0 Å². The summed E-state index contributed by atoms with van der Waals surface area (Å²) in [5.41, 5.74) is 2.38. The van der Waals surface area contributed by atoms with Gasteiger partial charge in [-0.3, -0.25) is 0 Å². The van der Waals surface area contributed by atoms with Crippen molar-refractivity contribution >= 4 is 27.0 Å². The molecule has 0 unspecified atom stereocenters. The van der Waals surface area contributed by atoms with Crippen LogP contribution in [0.15, 0.2) is 42.6 Å². The van der Waals surface area contributed by atoms with E-state index < -0.39 is 0 Å². The molecule has 3 nitrogen and oxygen atoms in total. The molecule has 1 saturated heterocycles. The zero-order chi connectivity index (χ0) is 14.8. The van der Waals surface area contributed by atoms with E-state index in [4.69, 9.17) is 0 Å². The number of anilines is 1. The van der Waals surface area contributed by atoms with Crippen molar-refractivity contribution in [1.82, 2.24) is 9.88 Å². The van der Waals surface area contributed by atoms with E-state index in [1.54, 1.807) is 0 Å². The van der Waals surface area contributed by atoms with Gasteiger partial charge in [-0.1, -0.05) is 0 Å². The maximum absolute atomic E-state index is 12.9. The molecule has 2 aromatic rings. The van der Waals surface area contributed by atoms with Crippen LogP contribution in [0, 0.1) is 5.82 Å². The van der Waals surface area contributed by atoms with E-state index in [-0.39, 0.29) is 5.82 Å². The van der Waals surface area contributed by atoms with Gasteiger partial charge in [0.1, 0.15) is 0 Å². The van der Waals surface area contributed by atoms with Crippen LogP contribution in [-0.2, 0) is 6.54 Å². The van der Waals surface area contributed by atoms with Crippen LogP contribution in [0.3, 0.4) is 0 Å². The summed E-state index contributed by atoms with van der Waals surface area (Å²) < 4.78 is 13.9. The molecule has 0 aliphatic carbocycles. The second-order valence-corrected chi connectivity index (χ2v) is 6.43. The molecule has 1 fully saturated rings. The monoisotopic (exact) mass is 345 g/mol. The number of pyridine rings is 1. The van der Waals surface area contributed by atoms with Gasteiger partial charge in [0.15, 0.2) is 0 Å². The summed E-state index contributed by atoms with van der Waals surface area (Å²) in [5, 5.41) is 0. The van der Waals surface area contributed by atoms with Gasteiger partial charge in [-0.25, -0.2) is 4.39 Å². The summed E-state index contributed by atoms with van der Waals surface area (Å²) in [7, 11) is 2.13. The molecule has 0 spiro atoms. The molecule has 1 aromatic heterocycles. The molecule has 0 amide bonds. The fourth-order valence-electron chi connectivity index (χ4n) is 2.56. The van der Waals surface area contributed by atoms with Gasteiger partial charge in [-0.15, -0.1) is 0 Å². The third-order valence-corrected chi connectivity index (χ3v) is 4.44. The van der Waals surface area contributed by atoms with Gasteiger partial charge < -0.3 is 0 Å². The molecule has 1 aromatic carbocycles. The molecule has 0 bridgehead atoms. The first-order valence-corrected chi connectivity index (χ1v) is 7.90. The Hall–Kier alpha value is -1.38. The number of aromatic nitrogens is 1. The Labute approximate surface area is 133 Å². The summed E-state index contributed by atoms with van der Waals surface area (Å²) >= 11 is 2.48. The van der Waals surface area contributed by atoms with Crippen molar-refractivity contribution in [3.8, 4) is 0 Å². The van der Waals surface area contributed by atoms with Crippen LogP contribution in [0.2, 0.25) is 0 Å². The standard InChI is InChI=1S/C16H17AsFN3/c1-20(9-12-2-4-13(18)5-3-12)15-10-21(11-15)14-6-7-19-16(17)8-14/h2-8,15H,9-11H2,1H3. The summed E-state index contributed by atoms with van der Waals surface area (Å²) in [4.78, 5) is 8.88. The van der Waals surface area contributed by atoms with Crippen molar-refractivity contribution in [3.05, 3.63) is 54.0 Å². The van der Waals surface area contributed by atoms with Crippen molar-refractivity contribution in [1.29, 1.82) is 0 Å². The minimum absolute atomic E-state index is 0.178. The van der Waals surface area contributed by atoms with Crippen molar-refractivity contribution in [3.63, 3.8) is 0 Å². The third kappa shape index (κ3) is 3.45. The van der Waals surface area contributed by atoms with Gasteiger partial charge in [0, 0.05) is 0 Å². The Bertz CT molecular complexity index is 611. The van der Waals surface area contributed by atoms with E-state index in [0.29, 0.717) is 6.04 Å². The maximum atomic E-state index is 12.9. The Balaban J connectivity index is 1.54. The molecule has 0 atom stereocenters. The zero-order valence-corrected chi connectivity index (χ0v) is 13.8. The fraction of sp³-hybridized carbons (Fsp3) is 0.312. The zero-order valence-electron chi connectivity index (χ0n) is 11.9. The van der Waals surface area contributed by atoms with Crippen molar-refractivity contribution < 1.29 is 4.39 Å². The normalized spacial score (nSPS) is 15.3. The summed E-state index contributed by atoms with van der Waals surface area (Å²) in [6.07, 6.45) is 1.85. The number of halogens is 1. The minimum atomic E-state index is -0.178. The molecule has 1 aliphatic rings. The number of nitrogens with zero attached hydrogens (tertiary/aromatic N) is 3. The predicted octanol–water partition coefficient (Wildman–Crippen LogP) is 1.34. The van der Waals surface area contributed by atoms with Gasteiger partial charge >= 0.3 is 129 Å². The van der Waals surface area contributed by atoms with E-state index in [9.17, 15) is 4.39 Å². The summed E-state index contributed by atoms with van der Waals surface area (Å²) in [5.74, 6) is -0.178. The number of likely N-dealkylation sites (N-methyl/N-ethyl adjacent to an activating group) is 1. The Kier molecular flexibility index (Phi) is 4.27. The van der Waals surface area contributed by atoms with E-state index in [1.807, 2.05) is 24.4 Å². The Morgan fingerprint density at radius 1 is 1.29 bits per heavy atom. The molecule has 21 heavy (non-hydrogen) atoms. The SMILES string of the molecule is CN(Cc1ccc(F)cc1)C1CN(c2ccnc([As])c2)C1. The van der Waals surface area contributed by atoms with Crippen LogP contribution in [0.4, 0.5) is 10.1 Å². The number of benzene rings is 1. The molecule has 5 heteroatoms. The molecular weight excluding hydrogens is 328 g/mol. The van der Waals surface area contributed by atoms with Crippen LogP contribution in [0.5, 0.6) is 0 Å². The summed E-state index contributed by atoms with van der Waals surface area (Å²) in [6.45, 7) is 2.90. The van der Waals surface area contributed by atoms with Crippen LogP contribution < -0.4 is 9.38 Å². The average molecular weight is 345 g/mol. The average Bonchev–Trinajstić information content (AvgIpc) is 2.40. The quantitative estimate of drug-likeness (QED) is 0.780. The first-order chi connectivity index (χ1) is 10.1. The molecule has 0 N–H and O–H groups in total. The van der Waals surface area contributed by atoms with E-state index in [1.165, 1.54) is 17.8 Å². The van der Waals surface area contributed by atoms with Gasteiger partial charge in [0.05, 0.1) is 0 Å². The van der Waals surface area contributed by atoms with Gasteiger partial charge in [-0.2, -0.15) is 0 Å². The molecule has 108 valence electrons. The molecular formula is C16H17AsFN3. The number of rotatable bonds is 4. The summed E-state index contributed by atoms with van der Waals surface area (Å²) in [6, 6.07) is 11.4. The van der Waals surface area contributed by atoms with Crippen LogP contribution >= 0.6 is 0 Å². The fourth-order valence-corrected chi connectivity index (χ4v) is 2.97. The molecule has 2 radical (unpaired) electrons. The van der Waals surface area contributed by atoms with Crippen molar-refractivity contribution in [2.45, 2.75) is 12.6 Å². The first kappa shape index (κ1) is 14.6. The van der Waals surface area contributed by atoms with E-state index >= 15 is 0 Å². The molecule has 0 saturated carbocycles. The number of hydrogen-bond donors (Lipinski definition) is 0. The van der Waals surface area contributed by atoms with Gasteiger partial charge in [-0.05, 0) is 0 Å². The van der Waals surface area contributed by atoms with E-state index in [2.05, 4.69) is 44.8 Å². The molecule has 3 rings (SSSR count). The Morgan fingerprint density at radius 2 is 2.00 bits per heavy atom. The topological polar surface area (TPSA) is 19.4 Å². The van der Waals surface area contributed by atoms with Crippen LogP contribution in [0.25, 0.3) is 0 Å². The predicted molar refractivity (Wildman–Crippen MR) is 83.5 cm³/mol. The molecule has 2 heterocycles. The van der Waals surface area contributed by atoms with Crippen LogP contribution in [0.1, 0.15) is 5.56 Å².